The molecule has 3 rings (SSSR count). The van der Waals surface area contributed by atoms with E-state index in [1.165, 1.54) is 0 Å². The Morgan fingerprint density at radius 3 is 2.44 bits per heavy atom. The van der Waals surface area contributed by atoms with Crippen molar-refractivity contribution in [2.24, 2.45) is 0 Å². The van der Waals surface area contributed by atoms with Crippen molar-refractivity contribution in [3.8, 4) is 22.6 Å². The second-order valence-corrected chi connectivity index (χ2v) is 6.08. The average Bonchev–Trinajstić information content (AvgIpc) is 2.72. The van der Waals surface area contributed by atoms with Gasteiger partial charge in [-0.05, 0) is 53.9 Å². The summed E-state index contributed by atoms with van der Waals surface area (Å²) < 4.78 is 10.5. The molecule has 0 unspecified atom stereocenters. The number of carbonyl (C=O) groups excluding carboxylic acids is 1. The first kappa shape index (κ1) is 18.5. The molecule has 0 radical (unpaired) electrons. The lowest BCUT2D eigenvalue weighted by atomic mass is 9.98. The number of aromatic nitrogens is 1. The summed E-state index contributed by atoms with van der Waals surface area (Å²) in [6.07, 6.45) is 1.71. The molecule has 1 N–H and O–H groups in total. The van der Waals surface area contributed by atoms with E-state index in [0.717, 1.165) is 28.2 Å². The van der Waals surface area contributed by atoms with Crippen LogP contribution in [0, 0.1) is 6.92 Å². The van der Waals surface area contributed by atoms with Crippen LogP contribution in [0.4, 0.5) is 0 Å². The van der Waals surface area contributed by atoms with Gasteiger partial charge in [0, 0.05) is 12.7 Å². The predicted octanol–water partition coefficient (Wildman–Crippen LogP) is 4.00. The van der Waals surface area contributed by atoms with E-state index >= 15 is 0 Å². The summed E-state index contributed by atoms with van der Waals surface area (Å²) in [6, 6.07) is 17.1. The summed E-state index contributed by atoms with van der Waals surface area (Å²) >= 11 is 0. The van der Waals surface area contributed by atoms with Crippen LogP contribution in [-0.4, -0.2) is 25.1 Å². The minimum Gasteiger partial charge on any atom is -0.497 e. The number of nitrogens with zero attached hydrogens (tertiary/aromatic N) is 1. The molecule has 0 fully saturated rings. The lowest BCUT2D eigenvalue weighted by molar-refractivity contribution is 0.0950. The van der Waals surface area contributed by atoms with E-state index in [1.54, 1.807) is 20.4 Å². The highest BCUT2D eigenvalue weighted by Crippen LogP contribution is 2.28. The van der Waals surface area contributed by atoms with Gasteiger partial charge < -0.3 is 14.8 Å². The lowest BCUT2D eigenvalue weighted by Gasteiger charge is -2.13. The number of hydrogen-bond acceptors (Lipinski definition) is 4. The molecular weight excluding hydrogens is 340 g/mol. The van der Waals surface area contributed by atoms with Crippen molar-refractivity contribution in [1.82, 2.24) is 10.3 Å². The molecule has 5 nitrogen and oxygen atoms in total. The van der Waals surface area contributed by atoms with E-state index < -0.39 is 0 Å². The molecule has 1 aromatic heterocycles. The lowest BCUT2D eigenvalue weighted by Crippen LogP contribution is -2.24. The van der Waals surface area contributed by atoms with Gasteiger partial charge in [0.25, 0.3) is 5.91 Å². The van der Waals surface area contributed by atoms with E-state index in [1.807, 2.05) is 61.5 Å². The maximum absolute atomic E-state index is 12.9. The number of hydrogen-bond donors (Lipinski definition) is 1. The highest BCUT2D eigenvalue weighted by Gasteiger charge is 2.16. The standard InChI is InChI=1S/C22H22N2O3/c1-15-21(22(25)24-14-16-7-9-18(26-2)10-8-16)20(11-12-23-15)17-5-4-6-19(13-17)27-3/h4-13H,14H2,1-3H3,(H,24,25). The third-order valence-corrected chi connectivity index (χ3v) is 4.36. The Morgan fingerprint density at radius 2 is 1.74 bits per heavy atom. The van der Waals surface area contributed by atoms with E-state index in [-0.39, 0.29) is 5.91 Å². The van der Waals surface area contributed by atoms with Crippen molar-refractivity contribution < 1.29 is 14.3 Å². The van der Waals surface area contributed by atoms with Gasteiger partial charge in [-0.25, -0.2) is 0 Å². The first-order valence-corrected chi connectivity index (χ1v) is 8.63. The number of methoxy groups -OCH3 is 2. The number of benzene rings is 2. The van der Waals surface area contributed by atoms with Gasteiger partial charge in [0.15, 0.2) is 0 Å². The summed E-state index contributed by atoms with van der Waals surface area (Å²) in [5, 5.41) is 2.98. The summed E-state index contributed by atoms with van der Waals surface area (Å²) in [5.74, 6) is 1.37. The largest absolute Gasteiger partial charge is 0.497 e. The normalized spacial score (nSPS) is 10.3. The highest BCUT2D eigenvalue weighted by atomic mass is 16.5. The van der Waals surface area contributed by atoms with Gasteiger partial charge in [0.1, 0.15) is 11.5 Å². The molecule has 0 bridgehead atoms. The fraction of sp³-hybridized carbons (Fsp3) is 0.182. The highest BCUT2D eigenvalue weighted by molar-refractivity contribution is 6.01. The summed E-state index contributed by atoms with van der Waals surface area (Å²) in [6.45, 7) is 2.26. The van der Waals surface area contributed by atoms with Crippen LogP contribution in [0.15, 0.2) is 60.8 Å². The number of pyridine rings is 1. The predicted molar refractivity (Wildman–Crippen MR) is 105 cm³/mol. The number of aryl methyl sites for hydroxylation is 1. The van der Waals surface area contributed by atoms with Gasteiger partial charge in [-0.2, -0.15) is 0 Å². The monoisotopic (exact) mass is 362 g/mol. The molecule has 2 aromatic carbocycles. The number of ether oxygens (including phenoxy) is 2. The Labute approximate surface area is 159 Å². The van der Waals surface area contributed by atoms with E-state index in [9.17, 15) is 4.79 Å². The van der Waals surface area contributed by atoms with Crippen molar-refractivity contribution in [2.75, 3.05) is 14.2 Å². The zero-order valence-corrected chi connectivity index (χ0v) is 15.7. The van der Waals surface area contributed by atoms with Gasteiger partial charge >= 0.3 is 0 Å². The van der Waals surface area contributed by atoms with Gasteiger partial charge in [0.2, 0.25) is 0 Å². The average molecular weight is 362 g/mol. The molecule has 27 heavy (non-hydrogen) atoms. The Kier molecular flexibility index (Phi) is 5.71. The van der Waals surface area contributed by atoms with Crippen LogP contribution < -0.4 is 14.8 Å². The van der Waals surface area contributed by atoms with Crippen molar-refractivity contribution >= 4 is 5.91 Å². The maximum Gasteiger partial charge on any atom is 0.254 e. The quantitative estimate of drug-likeness (QED) is 0.720. The van der Waals surface area contributed by atoms with Gasteiger partial charge in [-0.1, -0.05) is 24.3 Å². The van der Waals surface area contributed by atoms with Gasteiger partial charge in [-0.15, -0.1) is 0 Å². The van der Waals surface area contributed by atoms with Gasteiger partial charge in [-0.3, -0.25) is 9.78 Å². The molecule has 0 saturated carbocycles. The molecule has 0 saturated heterocycles. The number of nitrogens with one attached hydrogen (secondary N) is 1. The van der Waals surface area contributed by atoms with E-state index in [2.05, 4.69) is 10.3 Å². The summed E-state index contributed by atoms with van der Waals surface area (Å²) in [5.41, 5.74) is 3.98. The van der Waals surface area contributed by atoms with Crippen LogP contribution >= 0.6 is 0 Å². The molecule has 0 aliphatic rings. The van der Waals surface area contributed by atoms with Crippen LogP contribution in [0.1, 0.15) is 21.6 Å². The second-order valence-electron chi connectivity index (χ2n) is 6.08. The Balaban J connectivity index is 1.85. The molecule has 138 valence electrons. The molecule has 3 aromatic rings. The molecule has 5 heteroatoms. The zero-order valence-electron chi connectivity index (χ0n) is 15.7. The smallest absolute Gasteiger partial charge is 0.254 e. The molecule has 1 amide bonds. The van der Waals surface area contributed by atoms with Crippen molar-refractivity contribution in [2.45, 2.75) is 13.5 Å². The Hall–Kier alpha value is -3.34. The topological polar surface area (TPSA) is 60.5 Å². The molecule has 0 spiro atoms. The van der Waals surface area contributed by atoms with Crippen LogP contribution in [0.25, 0.3) is 11.1 Å². The van der Waals surface area contributed by atoms with Crippen LogP contribution in [0.2, 0.25) is 0 Å². The first-order chi connectivity index (χ1) is 13.1. The minimum absolute atomic E-state index is 0.158. The van der Waals surface area contributed by atoms with Gasteiger partial charge in [0.05, 0.1) is 25.5 Å². The maximum atomic E-state index is 12.9. The van der Waals surface area contributed by atoms with Crippen LogP contribution in [0.5, 0.6) is 11.5 Å². The fourth-order valence-corrected chi connectivity index (χ4v) is 2.90. The SMILES string of the molecule is COc1ccc(CNC(=O)c2c(-c3cccc(OC)c3)ccnc2C)cc1. The Bertz CT molecular complexity index is 937. The summed E-state index contributed by atoms with van der Waals surface area (Å²) in [4.78, 5) is 17.2. The zero-order chi connectivity index (χ0) is 19.2. The summed E-state index contributed by atoms with van der Waals surface area (Å²) in [7, 11) is 3.25. The number of carbonyl (C=O) groups is 1. The number of amides is 1. The van der Waals surface area contributed by atoms with Crippen molar-refractivity contribution in [1.29, 1.82) is 0 Å². The third-order valence-electron chi connectivity index (χ3n) is 4.36. The minimum atomic E-state index is -0.158. The number of rotatable bonds is 6. The van der Waals surface area contributed by atoms with Crippen LogP contribution in [-0.2, 0) is 6.54 Å². The van der Waals surface area contributed by atoms with Crippen LogP contribution in [0.3, 0.4) is 0 Å². The fourth-order valence-electron chi connectivity index (χ4n) is 2.90. The molecule has 0 atom stereocenters. The molecule has 1 heterocycles. The molecule has 0 aliphatic carbocycles. The second kappa shape index (κ2) is 8.36. The van der Waals surface area contributed by atoms with Crippen molar-refractivity contribution in [3.05, 3.63) is 77.6 Å². The molecule has 0 aliphatic heterocycles. The van der Waals surface area contributed by atoms with E-state index in [0.29, 0.717) is 17.8 Å². The third kappa shape index (κ3) is 4.26. The first-order valence-electron chi connectivity index (χ1n) is 8.63. The molecular formula is C22H22N2O3. The van der Waals surface area contributed by atoms with Crippen molar-refractivity contribution in [3.63, 3.8) is 0 Å². The Morgan fingerprint density at radius 1 is 1.00 bits per heavy atom. The van der Waals surface area contributed by atoms with E-state index in [4.69, 9.17) is 9.47 Å².